The molecule has 1 saturated heterocycles. The molecular formula is C11H12N2O5S. The number of aromatic nitrogens is 1. The van der Waals surface area contributed by atoms with E-state index in [-0.39, 0.29) is 22.8 Å². The fourth-order valence-electron chi connectivity index (χ4n) is 1.83. The van der Waals surface area contributed by atoms with Crippen LogP contribution in [-0.2, 0) is 9.84 Å². The summed E-state index contributed by atoms with van der Waals surface area (Å²) >= 11 is 0. The number of aromatic carboxylic acids is 1. The van der Waals surface area contributed by atoms with E-state index >= 15 is 0 Å². The van der Waals surface area contributed by atoms with Gasteiger partial charge in [0.1, 0.15) is 5.69 Å². The van der Waals surface area contributed by atoms with Crippen molar-refractivity contribution in [1.82, 2.24) is 10.3 Å². The van der Waals surface area contributed by atoms with E-state index < -0.39 is 27.8 Å². The van der Waals surface area contributed by atoms with E-state index in [4.69, 9.17) is 5.11 Å². The Hall–Kier alpha value is -1.96. The Balaban J connectivity index is 2.02. The number of hydrogen-bond acceptors (Lipinski definition) is 5. The van der Waals surface area contributed by atoms with E-state index in [1.807, 2.05) is 0 Å². The number of carboxylic acid groups (broad SMARTS) is 1. The second-order valence-corrected chi connectivity index (χ2v) is 6.54. The molecule has 2 rings (SSSR count). The van der Waals surface area contributed by atoms with Gasteiger partial charge >= 0.3 is 5.97 Å². The first kappa shape index (κ1) is 13.5. The largest absolute Gasteiger partial charge is 0.477 e. The minimum absolute atomic E-state index is 0.0562. The molecule has 102 valence electrons. The average molecular weight is 284 g/mol. The van der Waals surface area contributed by atoms with Crippen molar-refractivity contribution in [3.8, 4) is 0 Å². The van der Waals surface area contributed by atoms with E-state index in [1.165, 1.54) is 12.1 Å². The lowest BCUT2D eigenvalue weighted by Crippen LogP contribution is -2.35. The Kier molecular flexibility index (Phi) is 3.52. The lowest BCUT2D eigenvalue weighted by molar-refractivity contribution is 0.0689. The van der Waals surface area contributed by atoms with Gasteiger partial charge in [-0.25, -0.2) is 18.2 Å². The molecule has 1 aromatic heterocycles. The summed E-state index contributed by atoms with van der Waals surface area (Å²) < 4.78 is 22.5. The number of sulfone groups is 1. The first-order valence-electron chi connectivity index (χ1n) is 5.58. The SMILES string of the molecule is O=C(NC1CCS(=O)(=O)C1)c1ccc(C(=O)O)nc1. The molecule has 0 saturated carbocycles. The fraction of sp³-hybridized carbons (Fsp3) is 0.364. The van der Waals surface area contributed by atoms with Gasteiger partial charge < -0.3 is 10.4 Å². The van der Waals surface area contributed by atoms with Crippen LogP contribution in [0.5, 0.6) is 0 Å². The van der Waals surface area contributed by atoms with Crippen molar-refractivity contribution in [3.05, 3.63) is 29.6 Å². The molecule has 1 fully saturated rings. The van der Waals surface area contributed by atoms with Gasteiger partial charge in [0.25, 0.3) is 5.91 Å². The quantitative estimate of drug-likeness (QED) is 0.787. The molecule has 8 heteroatoms. The Morgan fingerprint density at radius 3 is 2.58 bits per heavy atom. The van der Waals surface area contributed by atoms with E-state index in [9.17, 15) is 18.0 Å². The molecule has 0 radical (unpaired) electrons. The molecule has 1 aliphatic heterocycles. The van der Waals surface area contributed by atoms with Crippen LogP contribution in [0.1, 0.15) is 27.3 Å². The van der Waals surface area contributed by atoms with Gasteiger partial charge in [0.2, 0.25) is 0 Å². The minimum atomic E-state index is -3.05. The van der Waals surface area contributed by atoms with Gasteiger partial charge in [0.15, 0.2) is 9.84 Å². The van der Waals surface area contributed by atoms with Gasteiger partial charge in [0.05, 0.1) is 17.1 Å². The number of carbonyl (C=O) groups excluding carboxylic acids is 1. The third kappa shape index (κ3) is 3.28. The number of nitrogens with zero attached hydrogens (tertiary/aromatic N) is 1. The Bertz CT molecular complexity index is 608. The monoisotopic (exact) mass is 284 g/mol. The average Bonchev–Trinajstić information content (AvgIpc) is 2.68. The molecule has 1 amide bonds. The fourth-order valence-corrected chi connectivity index (χ4v) is 3.51. The maximum absolute atomic E-state index is 11.8. The van der Waals surface area contributed by atoms with Crippen LogP contribution in [-0.4, -0.2) is 47.9 Å². The highest BCUT2D eigenvalue weighted by atomic mass is 32.2. The molecule has 0 aromatic carbocycles. The zero-order valence-corrected chi connectivity index (χ0v) is 10.7. The van der Waals surface area contributed by atoms with Gasteiger partial charge in [0, 0.05) is 12.2 Å². The minimum Gasteiger partial charge on any atom is -0.477 e. The smallest absolute Gasteiger partial charge is 0.354 e. The Morgan fingerprint density at radius 1 is 1.37 bits per heavy atom. The molecule has 19 heavy (non-hydrogen) atoms. The lowest BCUT2D eigenvalue weighted by Gasteiger charge is -2.10. The predicted octanol–water partition coefficient (Wildman–Crippen LogP) is -0.303. The standard InChI is InChI=1S/C11H12N2O5S/c14-10(13-8-3-4-19(17,18)6-8)7-1-2-9(11(15)16)12-5-7/h1-2,5,8H,3-4,6H2,(H,13,14)(H,15,16). The molecule has 7 nitrogen and oxygen atoms in total. The maximum atomic E-state index is 11.8. The number of amides is 1. The van der Waals surface area contributed by atoms with Crippen LogP contribution in [0.3, 0.4) is 0 Å². The molecule has 2 N–H and O–H groups in total. The second kappa shape index (κ2) is 4.96. The first-order valence-corrected chi connectivity index (χ1v) is 7.40. The van der Waals surface area contributed by atoms with Crippen LogP contribution in [0, 0.1) is 0 Å². The van der Waals surface area contributed by atoms with Crippen molar-refractivity contribution in [2.45, 2.75) is 12.5 Å². The highest BCUT2D eigenvalue weighted by molar-refractivity contribution is 7.91. The first-order chi connectivity index (χ1) is 8.87. The van der Waals surface area contributed by atoms with Crippen LogP contribution < -0.4 is 5.32 Å². The van der Waals surface area contributed by atoms with Crippen molar-refractivity contribution >= 4 is 21.7 Å². The molecule has 0 bridgehead atoms. The molecular weight excluding hydrogens is 272 g/mol. The molecule has 1 aromatic rings. The summed E-state index contributed by atoms with van der Waals surface area (Å²) in [4.78, 5) is 26.0. The van der Waals surface area contributed by atoms with Gasteiger partial charge in [-0.3, -0.25) is 4.79 Å². The summed E-state index contributed by atoms with van der Waals surface area (Å²) in [5, 5.41) is 11.3. The summed E-state index contributed by atoms with van der Waals surface area (Å²) in [7, 11) is -3.05. The van der Waals surface area contributed by atoms with Gasteiger partial charge in [-0.05, 0) is 18.6 Å². The number of rotatable bonds is 3. The third-order valence-electron chi connectivity index (χ3n) is 2.81. The topological polar surface area (TPSA) is 113 Å². The van der Waals surface area contributed by atoms with Crippen LogP contribution in [0.2, 0.25) is 0 Å². The van der Waals surface area contributed by atoms with Crippen LogP contribution in [0.25, 0.3) is 0 Å². The summed E-state index contributed by atoms with van der Waals surface area (Å²) in [6, 6.07) is 2.18. The number of carboxylic acids is 1. The van der Waals surface area contributed by atoms with Gasteiger partial charge in [-0.1, -0.05) is 0 Å². The molecule has 0 aliphatic carbocycles. The summed E-state index contributed by atoms with van der Waals surface area (Å²) in [6.45, 7) is 0. The Labute approximate surface area is 109 Å². The zero-order valence-electron chi connectivity index (χ0n) is 9.87. The highest BCUT2D eigenvalue weighted by Gasteiger charge is 2.29. The third-order valence-corrected chi connectivity index (χ3v) is 4.58. The number of hydrogen-bond donors (Lipinski definition) is 2. The summed E-state index contributed by atoms with van der Waals surface area (Å²) in [6.07, 6.45) is 1.55. The van der Waals surface area contributed by atoms with E-state index in [1.54, 1.807) is 0 Å². The van der Waals surface area contributed by atoms with Crippen LogP contribution in [0.15, 0.2) is 18.3 Å². The normalized spacial score (nSPS) is 20.9. The zero-order chi connectivity index (χ0) is 14.0. The van der Waals surface area contributed by atoms with Gasteiger partial charge in [-0.15, -0.1) is 0 Å². The van der Waals surface area contributed by atoms with E-state index in [0.717, 1.165) is 6.20 Å². The van der Waals surface area contributed by atoms with Gasteiger partial charge in [-0.2, -0.15) is 0 Å². The molecule has 1 unspecified atom stereocenters. The number of pyridine rings is 1. The van der Waals surface area contributed by atoms with Crippen molar-refractivity contribution < 1.29 is 23.1 Å². The maximum Gasteiger partial charge on any atom is 0.354 e. The van der Waals surface area contributed by atoms with E-state index in [0.29, 0.717) is 6.42 Å². The molecule has 1 atom stereocenters. The molecule has 0 spiro atoms. The highest BCUT2D eigenvalue weighted by Crippen LogP contribution is 2.12. The second-order valence-electron chi connectivity index (χ2n) is 4.31. The summed E-state index contributed by atoms with van der Waals surface area (Å²) in [5.41, 5.74) is 0.0503. The van der Waals surface area contributed by atoms with Crippen molar-refractivity contribution in [2.75, 3.05) is 11.5 Å². The van der Waals surface area contributed by atoms with Crippen LogP contribution in [0.4, 0.5) is 0 Å². The lowest BCUT2D eigenvalue weighted by atomic mass is 10.2. The van der Waals surface area contributed by atoms with Crippen molar-refractivity contribution in [1.29, 1.82) is 0 Å². The molecule has 2 heterocycles. The number of carbonyl (C=O) groups is 2. The predicted molar refractivity (Wildman–Crippen MR) is 65.7 cm³/mol. The van der Waals surface area contributed by atoms with E-state index in [2.05, 4.69) is 10.3 Å². The van der Waals surface area contributed by atoms with Crippen LogP contribution >= 0.6 is 0 Å². The van der Waals surface area contributed by atoms with Crippen molar-refractivity contribution in [3.63, 3.8) is 0 Å². The number of nitrogens with one attached hydrogen (secondary N) is 1. The van der Waals surface area contributed by atoms with Crippen molar-refractivity contribution in [2.24, 2.45) is 0 Å². The Morgan fingerprint density at radius 2 is 2.11 bits per heavy atom. The molecule has 1 aliphatic rings. The summed E-state index contributed by atoms with van der Waals surface area (Å²) in [5.74, 6) is -1.60.